The number of amides is 1. The van der Waals surface area contributed by atoms with Crippen molar-refractivity contribution in [2.24, 2.45) is 0 Å². The highest BCUT2D eigenvalue weighted by Gasteiger charge is 2.31. The summed E-state index contributed by atoms with van der Waals surface area (Å²) < 4.78 is 40.0. The molecule has 8 heteroatoms. The third-order valence-electron chi connectivity index (χ3n) is 3.53. The van der Waals surface area contributed by atoms with Crippen LogP contribution in [0.25, 0.3) is 0 Å². The summed E-state index contributed by atoms with van der Waals surface area (Å²) in [6.07, 6.45) is -0.294. The molecule has 1 N–H and O–H groups in total. The van der Waals surface area contributed by atoms with Gasteiger partial charge in [-0.3, -0.25) is 4.79 Å². The Morgan fingerprint density at radius 3 is 2.62 bits per heavy atom. The van der Waals surface area contributed by atoms with Crippen molar-refractivity contribution in [2.45, 2.75) is 31.5 Å². The van der Waals surface area contributed by atoms with Crippen molar-refractivity contribution in [1.29, 1.82) is 0 Å². The molecule has 128 valence electrons. The van der Waals surface area contributed by atoms with Crippen LogP contribution >= 0.6 is 11.3 Å². The minimum Gasteiger partial charge on any atom is -0.406 e. The summed E-state index contributed by atoms with van der Waals surface area (Å²) in [7, 11) is 0. The molecule has 1 aliphatic rings. The Bertz CT molecular complexity index is 709. The lowest BCUT2D eigenvalue weighted by atomic mass is 10.1. The zero-order valence-electron chi connectivity index (χ0n) is 12.6. The molecule has 1 fully saturated rings. The average molecular weight is 356 g/mol. The van der Waals surface area contributed by atoms with E-state index in [2.05, 4.69) is 15.0 Å². The lowest BCUT2D eigenvalue weighted by Crippen LogP contribution is -2.24. The molecule has 0 unspecified atom stereocenters. The molecule has 1 aromatic carbocycles. The van der Waals surface area contributed by atoms with Crippen LogP contribution in [0.15, 0.2) is 30.5 Å². The van der Waals surface area contributed by atoms with Gasteiger partial charge in [-0.15, -0.1) is 24.5 Å². The summed E-state index contributed by atoms with van der Waals surface area (Å²) in [6, 6.07) is 5.61. The summed E-state index contributed by atoms with van der Waals surface area (Å²) >= 11 is 1.42. The number of nitrogens with zero attached hydrogens (tertiary/aromatic N) is 1. The molecule has 0 bridgehead atoms. The maximum Gasteiger partial charge on any atom is 0.573 e. The zero-order valence-corrected chi connectivity index (χ0v) is 13.4. The molecule has 1 amide bonds. The van der Waals surface area contributed by atoms with E-state index in [1.54, 1.807) is 18.3 Å². The van der Waals surface area contributed by atoms with Gasteiger partial charge in [-0.2, -0.15) is 0 Å². The molecule has 0 saturated heterocycles. The predicted molar refractivity (Wildman–Crippen MR) is 83.3 cm³/mol. The van der Waals surface area contributed by atoms with E-state index in [4.69, 9.17) is 0 Å². The molecule has 0 atom stereocenters. The molecule has 1 aliphatic carbocycles. The number of thiazole rings is 1. The van der Waals surface area contributed by atoms with Gasteiger partial charge in [0, 0.05) is 12.5 Å². The highest BCUT2D eigenvalue weighted by Crippen LogP contribution is 2.41. The molecule has 0 spiro atoms. The molecular formula is C16H15F3N2O2S. The summed E-state index contributed by atoms with van der Waals surface area (Å²) in [5.74, 6) is 0.0953. The highest BCUT2D eigenvalue weighted by molar-refractivity contribution is 7.13. The number of hydrogen-bond donors (Lipinski definition) is 1. The average Bonchev–Trinajstić information content (AvgIpc) is 3.25. The lowest BCUT2D eigenvalue weighted by Gasteiger charge is -2.09. The SMILES string of the molecule is O=C(NCCc1ccc(OC(F)(F)F)cc1)c1cnc(C2CC2)s1. The first-order valence-electron chi connectivity index (χ1n) is 7.49. The van der Waals surface area contributed by atoms with Crippen LogP contribution in [0.1, 0.15) is 39.0 Å². The fourth-order valence-corrected chi connectivity index (χ4v) is 3.18. The van der Waals surface area contributed by atoms with Crippen LogP contribution in [0, 0.1) is 0 Å². The predicted octanol–water partition coefficient (Wildman–Crippen LogP) is 3.89. The van der Waals surface area contributed by atoms with Gasteiger partial charge in [0.25, 0.3) is 5.91 Å². The monoisotopic (exact) mass is 356 g/mol. The van der Waals surface area contributed by atoms with Crippen LogP contribution in [0.5, 0.6) is 5.75 Å². The first kappa shape index (κ1) is 16.8. The molecule has 3 rings (SSSR count). The van der Waals surface area contributed by atoms with E-state index >= 15 is 0 Å². The molecule has 0 radical (unpaired) electrons. The van der Waals surface area contributed by atoms with E-state index in [0.29, 0.717) is 23.8 Å². The Labute approximate surface area is 140 Å². The number of hydrogen-bond acceptors (Lipinski definition) is 4. The van der Waals surface area contributed by atoms with Gasteiger partial charge in [0.15, 0.2) is 0 Å². The van der Waals surface area contributed by atoms with E-state index in [1.807, 2.05) is 0 Å². The van der Waals surface area contributed by atoms with Crippen LogP contribution in [-0.2, 0) is 6.42 Å². The van der Waals surface area contributed by atoms with Gasteiger partial charge in [0.1, 0.15) is 10.6 Å². The number of ether oxygens (including phenoxy) is 1. The number of carbonyl (C=O) groups is 1. The van der Waals surface area contributed by atoms with Gasteiger partial charge in [-0.1, -0.05) is 12.1 Å². The molecule has 1 heterocycles. The Morgan fingerprint density at radius 2 is 2.00 bits per heavy atom. The van der Waals surface area contributed by atoms with Crippen LogP contribution < -0.4 is 10.1 Å². The Hall–Kier alpha value is -2.09. The molecule has 1 aromatic heterocycles. The van der Waals surface area contributed by atoms with Crippen LogP contribution in [0.3, 0.4) is 0 Å². The van der Waals surface area contributed by atoms with Crippen LogP contribution in [-0.4, -0.2) is 23.8 Å². The number of alkyl halides is 3. The molecule has 2 aromatic rings. The van der Waals surface area contributed by atoms with E-state index < -0.39 is 6.36 Å². The maximum atomic E-state index is 12.1. The van der Waals surface area contributed by atoms with E-state index in [1.165, 1.54) is 23.5 Å². The summed E-state index contributed by atoms with van der Waals surface area (Å²) in [6.45, 7) is 0.398. The number of rotatable bonds is 6. The standard InChI is InChI=1S/C16H15F3N2O2S/c17-16(18,19)23-12-5-1-10(2-6-12)7-8-20-14(22)13-9-21-15(24-13)11-3-4-11/h1-2,5-6,9,11H,3-4,7-8H2,(H,20,22). The maximum absolute atomic E-state index is 12.1. The number of aromatic nitrogens is 1. The summed E-state index contributed by atoms with van der Waals surface area (Å²) in [5, 5.41) is 3.81. The second kappa shape index (κ2) is 6.80. The number of benzene rings is 1. The molecule has 1 saturated carbocycles. The number of carbonyl (C=O) groups excluding carboxylic acids is 1. The summed E-state index contributed by atoms with van der Waals surface area (Å²) in [5.41, 5.74) is 0.813. The van der Waals surface area contributed by atoms with E-state index in [9.17, 15) is 18.0 Å². The van der Waals surface area contributed by atoms with E-state index in [-0.39, 0.29) is 11.7 Å². The smallest absolute Gasteiger partial charge is 0.406 e. The number of nitrogens with one attached hydrogen (secondary N) is 1. The third-order valence-corrected chi connectivity index (χ3v) is 4.69. The van der Waals surface area contributed by atoms with Crippen molar-refractivity contribution in [1.82, 2.24) is 10.3 Å². The molecule has 0 aliphatic heterocycles. The van der Waals surface area contributed by atoms with E-state index in [0.717, 1.165) is 23.4 Å². The number of halogens is 3. The molecule has 4 nitrogen and oxygen atoms in total. The Kier molecular flexibility index (Phi) is 4.75. The first-order chi connectivity index (χ1) is 11.4. The van der Waals surface area contributed by atoms with Crippen molar-refractivity contribution < 1.29 is 22.7 Å². The van der Waals surface area contributed by atoms with Crippen molar-refractivity contribution in [3.63, 3.8) is 0 Å². The minimum absolute atomic E-state index is 0.170. The van der Waals surface area contributed by atoms with Gasteiger partial charge < -0.3 is 10.1 Å². The Morgan fingerprint density at radius 1 is 1.29 bits per heavy atom. The normalized spacial score (nSPS) is 14.5. The minimum atomic E-state index is -4.69. The van der Waals surface area contributed by atoms with Crippen molar-refractivity contribution in [2.75, 3.05) is 6.54 Å². The van der Waals surface area contributed by atoms with Gasteiger partial charge >= 0.3 is 6.36 Å². The van der Waals surface area contributed by atoms with Crippen LogP contribution in [0.2, 0.25) is 0 Å². The van der Waals surface area contributed by atoms with Gasteiger partial charge in [-0.25, -0.2) is 4.98 Å². The van der Waals surface area contributed by atoms with Crippen molar-refractivity contribution >= 4 is 17.2 Å². The van der Waals surface area contributed by atoms with Gasteiger partial charge in [-0.05, 0) is 37.0 Å². The third kappa shape index (κ3) is 4.70. The quantitative estimate of drug-likeness (QED) is 0.854. The zero-order chi connectivity index (χ0) is 17.2. The van der Waals surface area contributed by atoms with Crippen molar-refractivity contribution in [3.8, 4) is 5.75 Å². The fourth-order valence-electron chi connectivity index (χ4n) is 2.18. The molecule has 24 heavy (non-hydrogen) atoms. The fraction of sp³-hybridized carbons (Fsp3) is 0.375. The largest absolute Gasteiger partial charge is 0.573 e. The second-order valence-electron chi connectivity index (χ2n) is 5.53. The second-order valence-corrected chi connectivity index (χ2v) is 6.60. The van der Waals surface area contributed by atoms with Crippen LogP contribution in [0.4, 0.5) is 13.2 Å². The summed E-state index contributed by atoms with van der Waals surface area (Å²) in [4.78, 5) is 16.9. The Balaban J connectivity index is 1.46. The van der Waals surface area contributed by atoms with Gasteiger partial charge in [0.2, 0.25) is 0 Å². The lowest BCUT2D eigenvalue weighted by molar-refractivity contribution is -0.274. The van der Waals surface area contributed by atoms with Crippen molar-refractivity contribution in [3.05, 3.63) is 45.9 Å². The molecular weight excluding hydrogens is 341 g/mol. The topological polar surface area (TPSA) is 51.2 Å². The first-order valence-corrected chi connectivity index (χ1v) is 8.31. The highest BCUT2D eigenvalue weighted by atomic mass is 32.1. The van der Waals surface area contributed by atoms with Gasteiger partial charge in [0.05, 0.1) is 11.2 Å².